The Bertz CT molecular complexity index is 736. The molecule has 0 N–H and O–H groups in total. The van der Waals surface area contributed by atoms with Crippen molar-refractivity contribution in [1.82, 2.24) is 0 Å². The Balaban J connectivity index is 2.25. The molecule has 0 unspecified atom stereocenters. The van der Waals surface area contributed by atoms with Crippen molar-refractivity contribution in [2.45, 2.75) is 0 Å². The third-order valence-corrected chi connectivity index (χ3v) is 4.19. The van der Waals surface area contributed by atoms with Gasteiger partial charge >= 0.3 is 0 Å². The van der Waals surface area contributed by atoms with Gasteiger partial charge in [0.2, 0.25) is 0 Å². The van der Waals surface area contributed by atoms with E-state index >= 15 is 0 Å². The Kier molecular flexibility index (Phi) is 5.95. The summed E-state index contributed by atoms with van der Waals surface area (Å²) in [6.45, 7) is 0. The van der Waals surface area contributed by atoms with Crippen LogP contribution >= 0.6 is 31.9 Å². The lowest BCUT2D eigenvalue weighted by atomic mass is 10.2. The minimum Gasteiger partial charge on any atom is -0.497 e. The van der Waals surface area contributed by atoms with Crippen molar-refractivity contribution in [3.8, 4) is 35.2 Å². The van der Waals surface area contributed by atoms with E-state index in [9.17, 15) is 0 Å². The van der Waals surface area contributed by atoms with Crippen molar-refractivity contribution in [3.63, 3.8) is 0 Å². The predicted molar refractivity (Wildman–Crippen MR) is 95.1 cm³/mol. The van der Waals surface area contributed by atoms with Crippen LogP contribution in [0.2, 0.25) is 0 Å². The molecule has 2 aromatic rings. The summed E-state index contributed by atoms with van der Waals surface area (Å²) in [6.07, 6.45) is 0. The first kappa shape index (κ1) is 16.5. The van der Waals surface area contributed by atoms with Gasteiger partial charge in [-0.3, -0.25) is 0 Å². The zero-order chi connectivity index (χ0) is 15.9. The van der Waals surface area contributed by atoms with Gasteiger partial charge in [0.05, 0.1) is 14.2 Å². The molecule has 0 aliphatic carbocycles. The predicted octanol–water partition coefficient (Wildman–Crippen LogP) is 4.63. The van der Waals surface area contributed by atoms with Crippen LogP contribution in [0.25, 0.3) is 0 Å². The molecule has 0 atom stereocenters. The second-order valence-electron chi connectivity index (χ2n) is 4.19. The maximum atomic E-state index is 5.18. The number of ether oxygens (including phenoxy) is 2. The molecule has 0 fully saturated rings. The quantitative estimate of drug-likeness (QED) is 0.660. The van der Waals surface area contributed by atoms with E-state index in [-0.39, 0.29) is 0 Å². The van der Waals surface area contributed by atoms with Crippen LogP contribution in [0.3, 0.4) is 0 Å². The van der Waals surface area contributed by atoms with Crippen molar-refractivity contribution in [2.75, 3.05) is 14.2 Å². The molecule has 110 valence electrons. The van der Waals surface area contributed by atoms with Gasteiger partial charge in [-0.2, -0.15) is 0 Å². The molecular weight excluding hydrogens is 408 g/mol. The second-order valence-corrected chi connectivity index (χ2v) is 5.90. The summed E-state index contributed by atoms with van der Waals surface area (Å²) in [5, 5.41) is 0. The van der Waals surface area contributed by atoms with Crippen molar-refractivity contribution < 1.29 is 9.47 Å². The molecule has 0 aromatic heterocycles. The third kappa shape index (κ3) is 4.31. The second kappa shape index (κ2) is 7.94. The van der Waals surface area contributed by atoms with Crippen LogP contribution in [0.4, 0.5) is 0 Å². The fourth-order valence-electron chi connectivity index (χ4n) is 1.65. The average molecular weight is 420 g/mol. The Morgan fingerprint density at radius 1 is 0.727 bits per heavy atom. The van der Waals surface area contributed by atoms with Crippen molar-refractivity contribution in [2.24, 2.45) is 0 Å². The first-order valence-corrected chi connectivity index (χ1v) is 7.91. The van der Waals surface area contributed by atoms with Crippen molar-refractivity contribution in [3.05, 3.63) is 56.5 Å². The van der Waals surface area contributed by atoms with E-state index < -0.39 is 0 Å². The maximum absolute atomic E-state index is 5.18. The smallest absolute Gasteiger partial charge is 0.120 e. The Morgan fingerprint density at radius 2 is 1.14 bits per heavy atom. The zero-order valence-corrected chi connectivity index (χ0v) is 15.2. The number of hydrogen-bond donors (Lipinski definition) is 0. The van der Waals surface area contributed by atoms with E-state index in [0.717, 1.165) is 31.6 Å². The summed E-state index contributed by atoms with van der Waals surface area (Å²) >= 11 is 6.91. The van der Waals surface area contributed by atoms with Gasteiger partial charge in [0.25, 0.3) is 0 Å². The Labute approximate surface area is 147 Å². The minimum atomic E-state index is 0.760. The summed E-state index contributed by atoms with van der Waals surface area (Å²) in [5.74, 6) is 13.2. The van der Waals surface area contributed by atoms with Gasteiger partial charge in [0.1, 0.15) is 11.5 Å². The average Bonchev–Trinajstić information content (AvgIpc) is 2.54. The molecule has 0 aliphatic heterocycles. The van der Waals surface area contributed by atoms with Crippen LogP contribution in [0.5, 0.6) is 11.5 Å². The van der Waals surface area contributed by atoms with Crippen LogP contribution < -0.4 is 9.47 Å². The fourth-order valence-corrected chi connectivity index (χ4v) is 2.34. The molecule has 0 amide bonds. The zero-order valence-electron chi connectivity index (χ0n) is 12.0. The molecule has 0 saturated carbocycles. The molecule has 0 aliphatic rings. The molecule has 0 saturated heterocycles. The standard InChI is InChI=1S/C18H12Br2O2/c1-21-15-7-9-17(19)13(11-15)5-3-4-6-14-12-16(22-2)8-10-18(14)20/h7-12H,1-2H3. The molecule has 2 rings (SSSR count). The molecule has 0 heterocycles. The number of hydrogen-bond acceptors (Lipinski definition) is 2. The lowest BCUT2D eigenvalue weighted by Gasteiger charge is -2.01. The molecule has 0 spiro atoms. The van der Waals surface area contributed by atoms with E-state index in [0.29, 0.717) is 0 Å². The van der Waals surface area contributed by atoms with Crippen LogP contribution in [-0.4, -0.2) is 14.2 Å². The lowest BCUT2D eigenvalue weighted by Crippen LogP contribution is -1.85. The van der Waals surface area contributed by atoms with E-state index in [1.165, 1.54) is 0 Å². The largest absolute Gasteiger partial charge is 0.497 e. The molecule has 22 heavy (non-hydrogen) atoms. The number of methoxy groups -OCH3 is 2. The van der Waals surface area contributed by atoms with Crippen molar-refractivity contribution >= 4 is 31.9 Å². The van der Waals surface area contributed by atoms with Gasteiger partial charge in [-0.25, -0.2) is 0 Å². The third-order valence-electron chi connectivity index (χ3n) is 2.80. The van der Waals surface area contributed by atoms with E-state index in [1.54, 1.807) is 14.2 Å². The minimum absolute atomic E-state index is 0.760. The SMILES string of the molecule is COc1ccc(Br)c(C#CC#Cc2cc(OC)ccc2Br)c1. The van der Waals surface area contributed by atoms with Gasteiger partial charge < -0.3 is 9.47 Å². The van der Waals surface area contributed by atoms with Crippen LogP contribution in [-0.2, 0) is 0 Å². The Hall–Kier alpha value is -1.88. The van der Waals surface area contributed by atoms with Crippen molar-refractivity contribution in [1.29, 1.82) is 0 Å². The lowest BCUT2D eigenvalue weighted by molar-refractivity contribution is 0.414. The van der Waals surface area contributed by atoms with E-state index in [1.807, 2.05) is 36.4 Å². The summed E-state index contributed by atoms with van der Waals surface area (Å²) in [5.41, 5.74) is 1.66. The summed E-state index contributed by atoms with van der Waals surface area (Å²) in [7, 11) is 3.25. The normalized spacial score (nSPS) is 9.09. The fraction of sp³-hybridized carbons (Fsp3) is 0.111. The number of halogens is 2. The molecule has 2 aromatic carbocycles. The Morgan fingerprint density at radius 3 is 1.50 bits per heavy atom. The highest BCUT2D eigenvalue weighted by Gasteiger charge is 1.99. The topological polar surface area (TPSA) is 18.5 Å². The molecule has 0 bridgehead atoms. The first-order chi connectivity index (χ1) is 10.6. The van der Waals surface area contributed by atoms with Gasteiger partial charge in [-0.05, 0) is 80.1 Å². The highest BCUT2D eigenvalue weighted by Crippen LogP contribution is 2.22. The van der Waals surface area contributed by atoms with Gasteiger partial charge in [-0.15, -0.1) is 0 Å². The molecule has 4 heteroatoms. The van der Waals surface area contributed by atoms with Gasteiger partial charge in [0, 0.05) is 20.1 Å². The summed E-state index contributed by atoms with van der Waals surface area (Å²) in [4.78, 5) is 0. The molecule has 2 nitrogen and oxygen atoms in total. The summed E-state index contributed by atoms with van der Waals surface area (Å²) < 4.78 is 12.2. The summed E-state index contributed by atoms with van der Waals surface area (Å²) in [6, 6.07) is 11.3. The van der Waals surface area contributed by atoms with Gasteiger partial charge in [-0.1, -0.05) is 11.8 Å². The first-order valence-electron chi connectivity index (χ1n) is 6.33. The van der Waals surface area contributed by atoms with Crippen LogP contribution in [0, 0.1) is 23.7 Å². The number of benzene rings is 2. The number of rotatable bonds is 2. The highest BCUT2D eigenvalue weighted by atomic mass is 79.9. The molecule has 0 radical (unpaired) electrons. The van der Waals surface area contributed by atoms with Crippen LogP contribution in [0.15, 0.2) is 45.3 Å². The van der Waals surface area contributed by atoms with E-state index in [4.69, 9.17) is 9.47 Å². The molecular formula is C18H12Br2O2. The van der Waals surface area contributed by atoms with Crippen LogP contribution in [0.1, 0.15) is 11.1 Å². The monoisotopic (exact) mass is 418 g/mol. The maximum Gasteiger partial charge on any atom is 0.120 e. The van der Waals surface area contributed by atoms with Gasteiger partial charge in [0.15, 0.2) is 0 Å². The highest BCUT2D eigenvalue weighted by molar-refractivity contribution is 9.10. The van der Waals surface area contributed by atoms with E-state index in [2.05, 4.69) is 55.5 Å².